The fourth-order valence-electron chi connectivity index (χ4n) is 0.820. The van der Waals surface area contributed by atoms with Gasteiger partial charge in [-0.05, 0) is 17.2 Å². The summed E-state index contributed by atoms with van der Waals surface area (Å²) in [6, 6.07) is 9.67. The van der Waals surface area contributed by atoms with E-state index >= 15 is 0 Å². The van der Waals surface area contributed by atoms with Gasteiger partial charge in [-0.25, -0.2) is 0 Å². The van der Waals surface area contributed by atoms with E-state index in [0.29, 0.717) is 6.61 Å². The molecular formula is C10H9ClO2. The molecule has 13 heavy (non-hydrogen) atoms. The molecule has 1 aromatic rings. The Bertz CT molecular complexity index is 293. The van der Waals surface area contributed by atoms with Crippen LogP contribution in [0.4, 0.5) is 0 Å². The van der Waals surface area contributed by atoms with Crippen molar-refractivity contribution in [1.29, 1.82) is 0 Å². The quantitative estimate of drug-likeness (QED) is 0.420. The minimum atomic E-state index is -0.534. The van der Waals surface area contributed by atoms with Crippen molar-refractivity contribution >= 4 is 16.8 Å². The predicted octanol–water partition coefficient (Wildman–Crippen LogP) is 2.48. The molecule has 3 heteroatoms. The van der Waals surface area contributed by atoms with Gasteiger partial charge in [-0.1, -0.05) is 30.3 Å². The third-order valence-electron chi connectivity index (χ3n) is 1.39. The second-order valence-corrected chi connectivity index (χ2v) is 2.78. The van der Waals surface area contributed by atoms with Crippen molar-refractivity contribution in [2.45, 2.75) is 6.61 Å². The summed E-state index contributed by atoms with van der Waals surface area (Å²) in [5, 5.41) is -0.534. The van der Waals surface area contributed by atoms with Gasteiger partial charge in [0.15, 0.2) is 0 Å². The molecule has 0 aliphatic rings. The molecule has 0 bridgehead atoms. The lowest BCUT2D eigenvalue weighted by Crippen LogP contribution is -1.86. The van der Waals surface area contributed by atoms with E-state index in [4.69, 9.17) is 16.3 Å². The lowest BCUT2D eigenvalue weighted by atomic mass is 10.2. The number of rotatable bonds is 4. The smallest absolute Gasteiger partial charge is 0.248 e. The molecule has 0 fully saturated rings. The summed E-state index contributed by atoms with van der Waals surface area (Å²) in [6.45, 7) is 0.446. The van der Waals surface area contributed by atoms with Crippen LogP contribution in [-0.2, 0) is 16.1 Å². The molecule has 2 nitrogen and oxygen atoms in total. The Morgan fingerprint density at radius 1 is 1.38 bits per heavy atom. The van der Waals surface area contributed by atoms with E-state index in [0.717, 1.165) is 5.56 Å². The molecule has 0 atom stereocenters. The highest BCUT2D eigenvalue weighted by Crippen LogP contribution is 2.00. The van der Waals surface area contributed by atoms with E-state index in [1.165, 1.54) is 12.3 Å². The molecule has 1 rings (SSSR count). The van der Waals surface area contributed by atoms with Crippen molar-refractivity contribution in [2.75, 3.05) is 0 Å². The first kappa shape index (κ1) is 9.81. The van der Waals surface area contributed by atoms with E-state index in [-0.39, 0.29) is 0 Å². The molecule has 0 amide bonds. The van der Waals surface area contributed by atoms with Gasteiger partial charge in [-0.15, -0.1) is 0 Å². The zero-order chi connectivity index (χ0) is 9.52. The van der Waals surface area contributed by atoms with Crippen LogP contribution in [0.5, 0.6) is 0 Å². The molecule has 0 aromatic heterocycles. The van der Waals surface area contributed by atoms with Gasteiger partial charge in [-0.3, -0.25) is 4.79 Å². The second kappa shape index (κ2) is 5.38. The molecule has 1 aromatic carbocycles. The van der Waals surface area contributed by atoms with Crippen LogP contribution >= 0.6 is 11.6 Å². The molecule has 0 aliphatic heterocycles. The van der Waals surface area contributed by atoms with Crippen molar-refractivity contribution in [2.24, 2.45) is 0 Å². The highest BCUT2D eigenvalue weighted by molar-refractivity contribution is 6.66. The molecule has 0 radical (unpaired) electrons. The third-order valence-corrected chi connectivity index (χ3v) is 1.51. The maximum absolute atomic E-state index is 10.3. The number of hydrogen-bond donors (Lipinski definition) is 0. The molecule has 0 heterocycles. The van der Waals surface area contributed by atoms with Crippen LogP contribution in [0.15, 0.2) is 42.7 Å². The van der Waals surface area contributed by atoms with Crippen molar-refractivity contribution < 1.29 is 9.53 Å². The van der Waals surface area contributed by atoms with Gasteiger partial charge in [0, 0.05) is 6.08 Å². The Hall–Kier alpha value is -1.28. The Labute approximate surface area is 81.8 Å². The van der Waals surface area contributed by atoms with E-state index in [1.54, 1.807) is 0 Å². The number of allylic oxidation sites excluding steroid dienone is 1. The minimum absolute atomic E-state index is 0.446. The van der Waals surface area contributed by atoms with Crippen LogP contribution < -0.4 is 0 Å². The zero-order valence-electron chi connectivity index (χ0n) is 6.94. The number of ether oxygens (including phenoxy) is 1. The van der Waals surface area contributed by atoms with E-state index < -0.39 is 5.24 Å². The summed E-state index contributed by atoms with van der Waals surface area (Å²) in [5.41, 5.74) is 1.05. The van der Waals surface area contributed by atoms with Crippen LogP contribution in [0.1, 0.15) is 5.56 Å². The average Bonchev–Trinajstić information content (AvgIpc) is 2.14. The lowest BCUT2D eigenvalue weighted by molar-refractivity contribution is -0.107. The Balaban J connectivity index is 2.32. The normalized spacial score (nSPS) is 10.2. The predicted molar refractivity (Wildman–Crippen MR) is 51.2 cm³/mol. The molecule has 0 aliphatic carbocycles. The van der Waals surface area contributed by atoms with Crippen LogP contribution in [0, 0.1) is 0 Å². The van der Waals surface area contributed by atoms with E-state index in [1.807, 2.05) is 30.3 Å². The largest absolute Gasteiger partial charge is 0.496 e. The van der Waals surface area contributed by atoms with E-state index in [9.17, 15) is 4.79 Å². The Kier molecular flexibility index (Phi) is 4.06. The van der Waals surface area contributed by atoms with Gasteiger partial charge in [0.1, 0.15) is 6.61 Å². The standard InChI is InChI=1S/C10H9ClO2/c11-10(12)6-7-13-8-9-4-2-1-3-5-9/h1-7H,8H2/b7-6+. The maximum Gasteiger partial charge on any atom is 0.248 e. The molecule has 0 N–H and O–H groups in total. The summed E-state index contributed by atoms with van der Waals surface area (Å²) < 4.78 is 5.04. The summed E-state index contributed by atoms with van der Waals surface area (Å²) in [4.78, 5) is 10.3. The minimum Gasteiger partial charge on any atom is -0.496 e. The molecule has 0 saturated heterocycles. The number of hydrogen-bond acceptors (Lipinski definition) is 2. The van der Waals surface area contributed by atoms with Gasteiger partial charge in [0.05, 0.1) is 6.26 Å². The summed E-state index contributed by atoms with van der Waals surface area (Å²) in [6.07, 6.45) is 2.47. The summed E-state index contributed by atoms with van der Waals surface area (Å²) in [5.74, 6) is 0. The van der Waals surface area contributed by atoms with Crippen molar-refractivity contribution in [3.8, 4) is 0 Å². The second-order valence-electron chi connectivity index (χ2n) is 2.40. The van der Waals surface area contributed by atoms with Crippen LogP contribution in [0.2, 0.25) is 0 Å². The first-order valence-corrected chi connectivity index (χ1v) is 4.18. The SMILES string of the molecule is O=C(Cl)/C=C/OCc1ccccc1. The molecule has 68 valence electrons. The van der Waals surface area contributed by atoms with Crippen molar-refractivity contribution in [1.82, 2.24) is 0 Å². The molecule has 0 saturated carbocycles. The third kappa shape index (κ3) is 4.33. The maximum atomic E-state index is 10.3. The number of carbonyl (C=O) groups excluding carboxylic acids is 1. The van der Waals surface area contributed by atoms with Crippen molar-refractivity contribution in [3.05, 3.63) is 48.2 Å². The Morgan fingerprint density at radius 3 is 2.69 bits per heavy atom. The lowest BCUT2D eigenvalue weighted by Gasteiger charge is -1.98. The van der Waals surface area contributed by atoms with Gasteiger partial charge in [-0.2, -0.15) is 0 Å². The first-order valence-electron chi connectivity index (χ1n) is 3.80. The summed E-state index contributed by atoms with van der Waals surface area (Å²) in [7, 11) is 0. The van der Waals surface area contributed by atoms with Crippen molar-refractivity contribution in [3.63, 3.8) is 0 Å². The van der Waals surface area contributed by atoms with Gasteiger partial charge < -0.3 is 4.74 Å². The van der Waals surface area contributed by atoms with Crippen LogP contribution in [0.25, 0.3) is 0 Å². The van der Waals surface area contributed by atoms with Crippen LogP contribution in [-0.4, -0.2) is 5.24 Å². The fraction of sp³-hybridized carbons (Fsp3) is 0.100. The number of benzene rings is 1. The zero-order valence-corrected chi connectivity index (χ0v) is 7.70. The average molecular weight is 197 g/mol. The molecule has 0 spiro atoms. The monoisotopic (exact) mass is 196 g/mol. The number of halogens is 1. The van der Waals surface area contributed by atoms with E-state index in [2.05, 4.69) is 0 Å². The molecule has 0 unspecified atom stereocenters. The molecular weight excluding hydrogens is 188 g/mol. The fourth-order valence-corrected chi connectivity index (χ4v) is 0.872. The van der Waals surface area contributed by atoms with Gasteiger partial charge >= 0.3 is 0 Å². The van der Waals surface area contributed by atoms with Gasteiger partial charge in [0.2, 0.25) is 5.24 Å². The number of carbonyl (C=O) groups is 1. The highest BCUT2D eigenvalue weighted by atomic mass is 35.5. The first-order chi connectivity index (χ1) is 6.29. The van der Waals surface area contributed by atoms with Crippen LogP contribution in [0.3, 0.4) is 0 Å². The summed E-state index contributed by atoms with van der Waals surface area (Å²) >= 11 is 5.05. The van der Waals surface area contributed by atoms with Gasteiger partial charge in [0.25, 0.3) is 0 Å². The Morgan fingerprint density at radius 2 is 2.08 bits per heavy atom. The topological polar surface area (TPSA) is 26.3 Å². The highest BCUT2D eigenvalue weighted by Gasteiger charge is 1.88.